The number of hydrogen-bond donors (Lipinski definition) is 0. The molecule has 0 aliphatic carbocycles. The molecule has 4 nitrogen and oxygen atoms in total. The van der Waals surface area contributed by atoms with E-state index in [2.05, 4.69) is 4.18 Å². The summed E-state index contributed by atoms with van der Waals surface area (Å²) >= 11 is 5.58. The van der Waals surface area contributed by atoms with Gasteiger partial charge in [0.1, 0.15) is 0 Å². The molecule has 76 valence electrons. The predicted molar refractivity (Wildman–Crippen MR) is 51.7 cm³/mol. The van der Waals surface area contributed by atoms with E-state index in [4.69, 9.17) is 11.6 Å². The summed E-state index contributed by atoms with van der Waals surface area (Å²) < 4.78 is 25.4. The highest BCUT2D eigenvalue weighted by Gasteiger charge is 2.12. The summed E-state index contributed by atoms with van der Waals surface area (Å²) in [6.07, 6.45) is 0.806. The fraction of sp³-hybridized carbons (Fsp3) is 0.125. The van der Waals surface area contributed by atoms with E-state index in [1.165, 1.54) is 24.3 Å². The van der Waals surface area contributed by atoms with Crippen LogP contribution in [-0.4, -0.2) is 20.6 Å². The van der Waals surface area contributed by atoms with Crippen molar-refractivity contribution >= 4 is 27.7 Å². The summed E-state index contributed by atoms with van der Waals surface area (Å²) in [4.78, 5) is 11.1. The molecule has 0 saturated carbocycles. The number of benzene rings is 1. The van der Waals surface area contributed by atoms with E-state index < -0.39 is 16.1 Å². The molecule has 0 unspecified atom stereocenters. The molecule has 0 heterocycles. The molecule has 1 aromatic rings. The van der Waals surface area contributed by atoms with Crippen LogP contribution in [0.3, 0.4) is 0 Å². The van der Waals surface area contributed by atoms with Gasteiger partial charge in [0.25, 0.3) is 0 Å². The van der Waals surface area contributed by atoms with E-state index in [0.717, 1.165) is 6.26 Å². The first-order valence-corrected chi connectivity index (χ1v) is 5.77. The summed E-state index contributed by atoms with van der Waals surface area (Å²) in [7, 11) is -3.76. The van der Waals surface area contributed by atoms with Gasteiger partial charge in [-0.05, 0) is 24.3 Å². The van der Waals surface area contributed by atoms with Crippen molar-refractivity contribution in [3.05, 3.63) is 34.9 Å². The molecule has 0 fully saturated rings. The normalized spacial score (nSPS) is 11.0. The van der Waals surface area contributed by atoms with Crippen LogP contribution < -0.4 is 0 Å². The van der Waals surface area contributed by atoms with Crippen molar-refractivity contribution in [3.63, 3.8) is 0 Å². The minimum atomic E-state index is -3.76. The first kappa shape index (κ1) is 11.0. The maximum absolute atomic E-state index is 11.1. The highest BCUT2D eigenvalue weighted by Crippen LogP contribution is 2.10. The topological polar surface area (TPSA) is 60.4 Å². The molecule has 0 amide bonds. The van der Waals surface area contributed by atoms with Crippen molar-refractivity contribution in [1.82, 2.24) is 0 Å². The van der Waals surface area contributed by atoms with Gasteiger partial charge < -0.3 is 4.18 Å². The van der Waals surface area contributed by atoms with E-state index in [9.17, 15) is 13.2 Å². The maximum atomic E-state index is 11.1. The van der Waals surface area contributed by atoms with Gasteiger partial charge in [0.05, 0.1) is 11.8 Å². The first-order valence-electron chi connectivity index (χ1n) is 3.58. The molecule has 0 bridgehead atoms. The summed E-state index contributed by atoms with van der Waals surface area (Å²) in [5.74, 6) is -0.913. The lowest BCUT2D eigenvalue weighted by Crippen LogP contribution is -2.11. The minimum Gasteiger partial charge on any atom is -0.341 e. The highest BCUT2D eigenvalue weighted by molar-refractivity contribution is 7.86. The lowest BCUT2D eigenvalue weighted by atomic mass is 10.2. The van der Waals surface area contributed by atoms with E-state index in [1.807, 2.05) is 0 Å². The smallest absolute Gasteiger partial charge is 0.341 e. The third-order valence-corrected chi connectivity index (χ3v) is 2.01. The molecule has 0 radical (unpaired) electrons. The molecule has 1 aromatic carbocycles. The SMILES string of the molecule is CS(=O)(=O)OC(=O)c1ccc(Cl)cc1. The quantitative estimate of drug-likeness (QED) is 0.727. The minimum absolute atomic E-state index is 0.139. The van der Waals surface area contributed by atoms with Crippen molar-refractivity contribution in [2.45, 2.75) is 0 Å². The molecule has 14 heavy (non-hydrogen) atoms. The average molecular weight is 235 g/mol. The molecule has 0 aromatic heterocycles. The molecule has 0 spiro atoms. The van der Waals surface area contributed by atoms with Gasteiger partial charge in [-0.15, -0.1) is 0 Å². The van der Waals surface area contributed by atoms with Gasteiger partial charge in [-0.25, -0.2) is 4.79 Å². The van der Waals surface area contributed by atoms with Crippen molar-refractivity contribution < 1.29 is 17.4 Å². The van der Waals surface area contributed by atoms with E-state index >= 15 is 0 Å². The second-order valence-corrected chi connectivity index (χ2v) is 4.59. The number of rotatable bonds is 2. The van der Waals surface area contributed by atoms with Crippen molar-refractivity contribution in [2.75, 3.05) is 6.26 Å². The van der Waals surface area contributed by atoms with Crippen LogP contribution in [0.1, 0.15) is 10.4 Å². The number of hydrogen-bond acceptors (Lipinski definition) is 4. The molecular weight excluding hydrogens is 228 g/mol. The summed E-state index contributed by atoms with van der Waals surface area (Å²) in [6, 6.07) is 5.71. The van der Waals surface area contributed by atoms with Gasteiger partial charge in [0.15, 0.2) is 0 Å². The molecule has 0 aliphatic heterocycles. The maximum Gasteiger partial charge on any atom is 0.353 e. The Bertz CT molecular complexity index is 435. The molecule has 6 heteroatoms. The molecular formula is C8H7ClO4S. The Balaban J connectivity index is 2.86. The summed E-state index contributed by atoms with van der Waals surface area (Å²) in [5, 5.41) is 0.459. The predicted octanol–water partition coefficient (Wildman–Crippen LogP) is 1.46. The van der Waals surface area contributed by atoms with Crippen LogP contribution in [0.25, 0.3) is 0 Å². The van der Waals surface area contributed by atoms with E-state index in [0.29, 0.717) is 5.02 Å². The zero-order chi connectivity index (χ0) is 10.8. The van der Waals surface area contributed by atoms with Gasteiger partial charge in [-0.2, -0.15) is 8.42 Å². The van der Waals surface area contributed by atoms with Crippen LogP contribution in [-0.2, 0) is 14.3 Å². The van der Waals surface area contributed by atoms with E-state index in [1.54, 1.807) is 0 Å². The van der Waals surface area contributed by atoms with Gasteiger partial charge >= 0.3 is 16.1 Å². The van der Waals surface area contributed by atoms with Crippen LogP contribution >= 0.6 is 11.6 Å². The highest BCUT2D eigenvalue weighted by atomic mass is 35.5. The number of carbonyl (C=O) groups is 1. The van der Waals surface area contributed by atoms with Gasteiger partial charge in [-0.1, -0.05) is 11.6 Å². The average Bonchev–Trinajstić information content (AvgIpc) is 2.02. The van der Waals surface area contributed by atoms with Crippen molar-refractivity contribution in [3.8, 4) is 0 Å². The third-order valence-electron chi connectivity index (χ3n) is 1.31. The van der Waals surface area contributed by atoms with Crippen LogP contribution in [0, 0.1) is 0 Å². The number of halogens is 1. The second-order valence-electron chi connectivity index (χ2n) is 2.58. The molecule has 1 rings (SSSR count). The van der Waals surface area contributed by atoms with Crippen LogP contribution in [0.5, 0.6) is 0 Å². The Morgan fingerprint density at radius 1 is 1.29 bits per heavy atom. The van der Waals surface area contributed by atoms with Gasteiger partial charge in [0.2, 0.25) is 0 Å². The molecule has 0 atom stereocenters. The Kier molecular flexibility index (Phi) is 3.13. The lowest BCUT2D eigenvalue weighted by molar-refractivity contribution is 0.0748. The second kappa shape index (κ2) is 3.98. The molecule has 0 saturated heterocycles. The first-order chi connectivity index (χ1) is 6.38. The lowest BCUT2D eigenvalue weighted by Gasteiger charge is -2.00. The van der Waals surface area contributed by atoms with Crippen molar-refractivity contribution in [2.24, 2.45) is 0 Å². The molecule has 0 aliphatic rings. The third kappa shape index (κ3) is 3.35. The summed E-state index contributed by atoms with van der Waals surface area (Å²) in [6.45, 7) is 0. The number of carbonyl (C=O) groups excluding carboxylic acids is 1. The largest absolute Gasteiger partial charge is 0.353 e. The Labute approximate surface area is 86.6 Å². The Morgan fingerprint density at radius 2 is 1.79 bits per heavy atom. The standard InChI is InChI=1S/C8H7ClO4S/c1-14(11,12)13-8(10)6-2-4-7(9)5-3-6/h2-5H,1H3. The molecule has 0 N–H and O–H groups in total. The Morgan fingerprint density at radius 3 is 2.21 bits per heavy atom. The van der Waals surface area contributed by atoms with Crippen LogP contribution in [0.15, 0.2) is 24.3 Å². The van der Waals surface area contributed by atoms with Crippen LogP contribution in [0.4, 0.5) is 0 Å². The van der Waals surface area contributed by atoms with Crippen molar-refractivity contribution in [1.29, 1.82) is 0 Å². The fourth-order valence-electron chi connectivity index (χ4n) is 0.772. The zero-order valence-electron chi connectivity index (χ0n) is 7.23. The van der Waals surface area contributed by atoms with Crippen LogP contribution in [0.2, 0.25) is 5.02 Å². The van der Waals surface area contributed by atoms with Gasteiger partial charge in [-0.3, -0.25) is 0 Å². The monoisotopic (exact) mass is 234 g/mol. The fourth-order valence-corrected chi connectivity index (χ4v) is 1.27. The summed E-state index contributed by atoms with van der Waals surface area (Å²) in [5.41, 5.74) is 0.139. The Hall–Kier alpha value is -1.07. The van der Waals surface area contributed by atoms with E-state index in [-0.39, 0.29) is 5.56 Å². The van der Waals surface area contributed by atoms with Gasteiger partial charge in [0, 0.05) is 5.02 Å². The zero-order valence-corrected chi connectivity index (χ0v) is 8.80.